The van der Waals surface area contributed by atoms with E-state index >= 15 is 0 Å². The summed E-state index contributed by atoms with van der Waals surface area (Å²) in [6, 6.07) is 4.42. The number of aliphatic hydroxyl groups excluding tert-OH is 1. The van der Waals surface area contributed by atoms with E-state index in [0.29, 0.717) is 10.0 Å². The van der Waals surface area contributed by atoms with E-state index in [1.165, 1.54) is 25.2 Å². The molecule has 2 N–H and O–H groups in total. The fourth-order valence-electron chi connectivity index (χ4n) is 1.84. The summed E-state index contributed by atoms with van der Waals surface area (Å²) in [7, 11) is 1.44. The minimum Gasteiger partial charge on any atom is -0.378 e. The van der Waals surface area contributed by atoms with Gasteiger partial charge in [-0.1, -0.05) is 23.2 Å². The largest absolute Gasteiger partial charge is 0.378 e. The standard InChI is InChI=1S/C15H20Cl2N2O3/c1-15(2,3)18-12(20)8-19(4)14(22)13(21)9-5-10(16)7-11(17)6-9/h5-7,13,21H,8H2,1-4H3,(H,18,20). The lowest BCUT2D eigenvalue weighted by molar-refractivity contribution is -0.142. The van der Waals surface area contributed by atoms with Crippen LogP contribution >= 0.6 is 23.2 Å². The Morgan fingerprint density at radius 2 is 1.73 bits per heavy atom. The highest BCUT2D eigenvalue weighted by Gasteiger charge is 2.24. The summed E-state index contributed by atoms with van der Waals surface area (Å²) in [5, 5.41) is 13.5. The number of hydrogen-bond acceptors (Lipinski definition) is 3. The fraction of sp³-hybridized carbons (Fsp3) is 0.467. The van der Waals surface area contributed by atoms with Gasteiger partial charge in [0.2, 0.25) is 5.91 Å². The van der Waals surface area contributed by atoms with E-state index in [9.17, 15) is 14.7 Å². The second-order valence-electron chi connectivity index (χ2n) is 6.10. The molecule has 22 heavy (non-hydrogen) atoms. The maximum atomic E-state index is 12.2. The lowest BCUT2D eigenvalue weighted by atomic mass is 10.1. The smallest absolute Gasteiger partial charge is 0.256 e. The average Bonchev–Trinajstić information content (AvgIpc) is 2.33. The van der Waals surface area contributed by atoms with Gasteiger partial charge in [-0.2, -0.15) is 0 Å². The fourth-order valence-corrected chi connectivity index (χ4v) is 2.38. The number of amides is 2. The quantitative estimate of drug-likeness (QED) is 0.879. The monoisotopic (exact) mass is 346 g/mol. The Labute approximate surface area is 140 Å². The average molecular weight is 347 g/mol. The third kappa shape index (κ3) is 5.83. The Kier molecular flexibility index (Phi) is 6.23. The topological polar surface area (TPSA) is 69.6 Å². The summed E-state index contributed by atoms with van der Waals surface area (Å²) in [5.74, 6) is -0.915. The first-order valence-electron chi connectivity index (χ1n) is 6.69. The van der Waals surface area contributed by atoms with Crippen LogP contribution in [0.1, 0.15) is 32.4 Å². The number of carbonyl (C=O) groups is 2. The first-order chi connectivity index (χ1) is 9.99. The highest BCUT2D eigenvalue weighted by molar-refractivity contribution is 6.34. The van der Waals surface area contributed by atoms with E-state index in [1.54, 1.807) is 0 Å². The number of aliphatic hydroxyl groups is 1. The van der Waals surface area contributed by atoms with Crippen molar-refractivity contribution >= 4 is 35.0 Å². The molecule has 0 fully saturated rings. The molecule has 0 spiro atoms. The van der Waals surface area contributed by atoms with Crippen LogP contribution in [0.3, 0.4) is 0 Å². The SMILES string of the molecule is CN(CC(=O)NC(C)(C)C)C(=O)C(O)c1cc(Cl)cc(Cl)c1. The van der Waals surface area contributed by atoms with Crippen LogP contribution in [0.15, 0.2) is 18.2 Å². The Balaban J connectivity index is 2.75. The number of nitrogens with zero attached hydrogens (tertiary/aromatic N) is 1. The van der Waals surface area contributed by atoms with E-state index in [1.807, 2.05) is 20.8 Å². The first kappa shape index (κ1) is 18.7. The Morgan fingerprint density at radius 1 is 1.23 bits per heavy atom. The Morgan fingerprint density at radius 3 is 2.18 bits per heavy atom. The molecule has 0 aliphatic heterocycles. The van der Waals surface area contributed by atoms with Gasteiger partial charge in [0, 0.05) is 22.6 Å². The summed E-state index contributed by atoms with van der Waals surface area (Å²) >= 11 is 11.7. The van der Waals surface area contributed by atoms with Crippen molar-refractivity contribution in [3.05, 3.63) is 33.8 Å². The minimum atomic E-state index is -1.43. The zero-order valence-electron chi connectivity index (χ0n) is 13.0. The van der Waals surface area contributed by atoms with Crippen LogP contribution in [0, 0.1) is 0 Å². The second kappa shape index (κ2) is 7.31. The molecule has 122 valence electrons. The predicted octanol–water partition coefficient (Wildman–Crippen LogP) is 2.40. The van der Waals surface area contributed by atoms with Gasteiger partial charge in [0.1, 0.15) is 0 Å². The van der Waals surface area contributed by atoms with E-state index < -0.39 is 12.0 Å². The molecular formula is C15H20Cl2N2O3. The van der Waals surface area contributed by atoms with E-state index in [-0.39, 0.29) is 23.6 Å². The van der Waals surface area contributed by atoms with E-state index in [4.69, 9.17) is 23.2 Å². The number of rotatable bonds is 4. The highest BCUT2D eigenvalue weighted by atomic mass is 35.5. The number of nitrogens with one attached hydrogen (secondary N) is 1. The van der Waals surface area contributed by atoms with Gasteiger partial charge in [-0.15, -0.1) is 0 Å². The van der Waals surface area contributed by atoms with Crippen molar-refractivity contribution in [3.63, 3.8) is 0 Å². The van der Waals surface area contributed by atoms with Crippen LogP contribution in [0.5, 0.6) is 0 Å². The van der Waals surface area contributed by atoms with Gasteiger partial charge < -0.3 is 15.3 Å². The van der Waals surface area contributed by atoms with Gasteiger partial charge in [0.05, 0.1) is 6.54 Å². The molecule has 7 heteroatoms. The number of hydrogen-bond donors (Lipinski definition) is 2. The zero-order valence-corrected chi connectivity index (χ0v) is 14.5. The molecular weight excluding hydrogens is 327 g/mol. The molecule has 0 saturated carbocycles. The van der Waals surface area contributed by atoms with Crippen molar-refractivity contribution in [2.75, 3.05) is 13.6 Å². The second-order valence-corrected chi connectivity index (χ2v) is 6.97. The summed E-state index contributed by atoms with van der Waals surface area (Å²) in [4.78, 5) is 25.1. The molecule has 5 nitrogen and oxygen atoms in total. The maximum absolute atomic E-state index is 12.2. The third-order valence-electron chi connectivity index (χ3n) is 2.71. The lowest BCUT2D eigenvalue weighted by Crippen LogP contribution is -2.47. The van der Waals surface area contributed by atoms with Crippen molar-refractivity contribution in [1.82, 2.24) is 10.2 Å². The van der Waals surface area contributed by atoms with Crippen molar-refractivity contribution in [2.45, 2.75) is 32.4 Å². The van der Waals surface area contributed by atoms with Crippen LogP contribution in [0.2, 0.25) is 10.0 Å². The van der Waals surface area contributed by atoms with Crippen molar-refractivity contribution in [1.29, 1.82) is 0 Å². The van der Waals surface area contributed by atoms with Crippen LogP contribution in [-0.4, -0.2) is 41.0 Å². The number of likely N-dealkylation sites (N-methyl/N-ethyl adjacent to an activating group) is 1. The van der Waals surface area contributed by atoms with Crippen LogP contribution < -0.4 is 5.32 Å². The summed E-state index contributed by atoms with van der Waals surface area (Å²) < 4.78 is 0. The number of benzene rings is 1. The van der Waals surface area contributed by atoms with Gasteiger partial charge in [-0.3, -0.25) is 9.59 Å². The Hall–Kier alpha value is -1.30. The molecule has 0 heterocycles. The molecule has 0 aromatic heterocycles. The van der Waals surface area contributed by atoms with Crippen molar-refractivity contribution < 1.29 is 14.7 Å². The predicted molar refractivity (Wildman–Crippen MR) is 87.0 cm³/mol. The molecule has 1 unspecified atom stereocenters. The molecule has 0 saturated heterocycles. The molecule has 0 bridgehead atoms. The van der Waals surface area contributed by atoms with Crippen LogP contribution in [0.4, 0.5) is 0 Å². The molecule has 1 atom stereocenters. The normalized spacial score (nSPS) is 12.7. The number of carbonyl (C=O) groups excluding carboxylic acids is 2. The third-order valence-corrected chi connectivity index (χ3v) is 3.14. The van der Waals surface area contributed by atoms with E-state index in [0.717, 1.165) is 4.90 Å². The zero-order chi connectivity index (χ0) is 17.1. The molecule has 0 radical (unpaired) electrons. The van der Waals surface area contributed by atoms with Gasteiger partial charge >= 0.3 is 0 Å². The molecule has 1 aromatic rings. The minimum absolute atomic E-state index is 0.151. The van der Waals surface area contributed by atoms with Gasteiger partial charge in [-0.05, 0) is 44.5 Å². The lowest BCUT2D eigenvalue weighted by Gasteiger charge is -2.24. The van der Waals surface area contributed by atoms with E-state index in [2.05, 4.69) is 5.32 Å². The summed E-state index contributed by atoms with van der Waals surface area (Å²) in [6.45, 7) is 5.38. The number of halogens is 2. The van der Waals surface area contributed by atoms with Gasteiger partial charge in [0.25, 0.3) is 5.91 Å². The molecule has 1 aromatic carbocycles. The van der Waals surface area contributed by atoms with Crippen LogP contribution in [0.25, 0.3) is 0 Å². The van der Waals surface area contributed by atoms with Crippen molar-refractivity contribution in [3.8, 4) is 0 Å². The maximum Gasteiger partial charge on any atom is 0.256 e. The highest BCUT2D eigenvalue weighted by Crippen LogP contribution is 2.24. The van der Waals surface area contributed by atoms with Crippen LogP contribution in [-0.2, 0) is 9.59 Å². The van der Waals surface area contributed by atoms with Gasteiger partial charge in [-0.25, -0.2) is 0 Å². The molecule has 1 rings (SSSR count). The van der Waals surface area contributed by atoms with Gasteiger partial charge in [0.15, 0.2) is 6.10 Å². The summed E-state index contributed by atoms with van der Waals surface area (Å²) in [6.07, 6.45) is -1.43. The molecule has 0 aliphatic rings. The summed E-state index contributed by atoms with van der Waals surface area (Å²) in [5.41, 5.74) is -0.106. The Bertz CT molecular complexity index is 550. The first-order valence-corrected chi connectivity index (χ1v) is 7.45. The molecule has 2 amide bonds. The molecule has 0 aliphatic carbocycles. The van der Waals surface area contributed by atoms with Crippen molar-refractivity contribution in [2.24, 2.45) is 0 Å².